The molecule has 0 radical (unpaired) electrons. The fraction of sp³-hybridized carbons (Fsp3) is 0.350. The van der Waals surface area contributed by atoms with Gasteiger partial charge < -0.3 is 24.3 Å². The summed E-state index contributed by atoms with van der Waals surface area (Å²) in [5, 5.41) is 2.95. The Morgan fingerprint density at radius 3 is 2.69 bits per heavy atom. The van der Waals surface area contributed by atoms with Crippen LogP contribution in [0.25, 0.3) is 0 Å². The molecule has 6 nitrogen and oxygen atoms in total. The molecule has 26 heavy (non-hydrogen) atoms. The number of rotatable bonds is 5. The van der Waals surface area contributed by atoms with E-state index in [0.717, 1.165) is 18.6 Å². The molecule has 0 bridgehead atoms. The highest BCUT2D eigenvalue weighted by atomic mass is 16.7. The quantitative estimate of drug-likeness (QED) is 0.889. The third-order valence-electron chi connectivity index (χ3n) is 4.94. The van der Waals surface area contributed by atoms with Crippen molar-refractivity contribution in [2.75, 3.05) is 26.3 Å². The van der Waals surface area contributed by atoms with Gasteiger partial charge in [-0.2, -0.15) is 0 Å². The minimum absolute atomic E-state index is 0.0171. The van der Waals surface area contributed by atoms with Crippen LogP contribution in [0.4, 0.5) is 5.69 Å². The molecular weight excluding hydrogens is 334 g/mol. The molecule has 2 aliphatic rings. The first-order chi connectivity index (χ1) is 12.7. The van der Waals surface area contributed by atoms with Crippen LogP contribution >= 0.6 is 0 Å². The summed E-state index contributed by atoms with van der Waals surface area (Å²) in [6.07, 6.45) is 2.31. The van der Waals surface area contributed by atoms with Crippen molar-refractivity contribution in [1.82, 2.24) is 0 Å². The maximum atomic E-state index is 12.5. The Hall–Kier alpha value is -2.89. The average Bonchev–Trinajstić information content (AvgIpc) is 3.26. The summed E-state index contributed by atoms with van der Waals surface area (Å²) in [6.45, 7) is 0.219. The van der Waals surface area contributed by atoms with Crippen LogP contribution in [0, 0.1) is 0 Å². The molecule has 4 rings (SSSR count). The van der Waals surface area contributed by atoms with Crippen LogP contribution in [0.5, 0.6) is 23.0 Å². The van der Waals surface area contributed by atoms with Gasteiger partial charge in [0.25, 0.3) is 0 Å². The van der Waals surface area contributed by atoms with E-state index in [1.54, 1.807) is 26.4 Å². The first kappa shape index (κ1) is 16.6. The Labute approximate surface area is 152 Å². The van der Waals surface area contributed by atoms with E-state index >= 15 is 0 Å². The Kier molecular flexibility index (Phi) is 4.32. The van der Waals surface area contributed by atoms with Crippen molar-refractivity contribution >= 4 is 11.6 Å². The topological polar surface area (TPSA) is 66.0 Å². The summed E-state index contributed by atoms with van der Waals surface area (Å²) < 4.78 is 21.4. The average molecular weight is 355 g/mol. The lowest BCUT2D eigenvalue weighted by molar-refractivity contribution is -0.116. The molecule has 1 aliphatic carbocycles. The van der Waals surface area contributed by atoms with Crippen LogP contribution in [0.2, 0.25) is 0 Å². The Balaban J connectivity index is 1.46. The van der Waals surface area contributed by atoms with Crippen LogP contribution in [-0.2, 0) is 11.2 Å². The summed E-state index contributed by atoms with van der Waals surface area (Å²) in [7, 11) is 3.26. The molecule has 1 N–H and O–H groups in total. The molecule has 2 aromatic rings. The number of ether oxygens (including phenoxy) is 4. The van der Waals surface area contributed by atoms with E-state index in [2.05, 4.69) is 5.32 Å². The van der Waals surface area contributed by atoms with E-state index in [4.69, 9.17) is 18.9 Å². The minimum atomic E-state index is -0.0171. The van der Waals surface area contributed by atoms with Crippen molar-refractivity contribution in [3.8, 4) is 23.0 Å². The Morgan fingerprint density at radius 1 is 1.12 bits per heavy atom. The fourth-order valence-electron chi connectivity index (χ4n) is 3.64. The number of fused-ring (bicyclic) bond motifs is 2. The third-order valence-corrected chi connectivity index (χ3v) is 4.94. The predicted octanol–water partition coefficient (Wildman–Crippen LogP) is 3.49. The summed E-state index contributed by atoms with van der Waals surface area (Å²) in [5.41, 5.74) is 3.11. The summed E-state index contributed by atoms with van der Waals surface area (Å²) in [5.74, 6) is 2.96. The molecule has 1 aliphatic heterocycles. The van der Waals surface area contributed by atoms with Crippen LogP contribution in [0.3, 0.4) is 0 Å². The number of aryl methyl sites for hydroxylation is 1. The SMILES string of the molecule is COc1cc2c(cc1OC)C(CC(=O)Nc1ccc3c(c1)OCO3)CC2. The normalized spacial score (nSPS) is 16.9. The molecule has 1 atom stereocenters. The van der Waals surface area contributed by atoms with Crippen molar-refractivity contribution < 1.29 is 23.7 Å². The summed E-state index contributed by atoms with van der Waals surface area (Å²) in [6, 6.07) is 9.43. The number of amides is 1. The highest BCUT2D eigenvalue weighted by Gasteiger charge is 2.27. The molecule has 1 heterocycles. The second-order valence-electron chi connectivity index (χ2n) is 6.46. The maximum absolute atomic E-state index is 12.5. The van der Waals surface area contributed by atoms with Crippen LogP contribution in [0.1, 0.15) is 29.9 Å². The van der Waals surface area contributed by atoms with Gasteiger partial charge in [0.2, 0.25) is 12.7 Å². The maximum Gasteiger partial charge on any atom is 0.231 e. The predicted molar refractivity (Wildman–Crippen MR) is 96.4 cm³/mol. The number of benzene rings is 2. The molecular formula is C20H21NO5. The van der Waals surface area contributed by atoms with E-state index < -0.39 is 0 Å². The molecule has 2 aromatic carbocycles. The molecule has 0 fully saturated rings. The lowest BCUT2D eigenvalue weighted by Crippen LogP contribution is -2.14. The van der Waals surface area contributed by atoms with Crippen LogP contribution in [-0.4, -0.2) is 26.9 Å². The summed E-state index contributed by atoms with van der Waals surface area (Å²) in [4.78, 5) is 12.5. The molecule has 0 saturated heterocycles. The van der Waals surface area contributed by atoms with Gasteiger partial charge in [0, 0.05) is 18.2 Å². The second kappa shape index (κ2) is 6.78. The first-order valence-corrected chi connectivity index (χ1v) is 8.62. The molecule has 136 valence electrons. The molecule has 0 aromatic heterocycles. The highest BCUT2D eigenvalue weighted by Crippen LogP contribution is 2.42. The molecule has 6 heteroatoms. The number of methoxy groups -OCH3 is 2. The first-order valence-electron chi connectivity index (χ1n) is 8.62. The Morgan fingerprint density at radius 2 is 1.88 bits per heavy atom. The van der Waals surface area contributed by atoms with E-state index in [-0.39, 0.29) is 18.6 Å². The number of anilines is 1. The zero-order valence-electron chi connectivity index (χ0n) is 14.8. The number of nitrogens with one attached hydrogen (secondary N) is 1. The van der Waals surface area contributed by atoms with Crippen LogP contribution in [0.15, 0.2) is 30.3 Å². The number of hydrogen-bond acceptors (Lipinski definition) is 5. The van der Waals surface area contributed by atoms with Gasteiger partial charge in [0.15, 0.2) is 23.0 Å². The van der Waals surface area contributed by atoms with Crippen molar-refractivity contribution in [2.45, 2.75) is 25.2 Å². The van der Waals surface area contributed by atoms with Crippen molar-refractivity contribution in [3.63, 3.8) is 0 Å². The van der Waals surface area contributed by atoms with Gasteiger partial charge in [-0.05, 0) is 54.2 Å². The van der Waals surface area contributed by atoms with E-state index in [9.17, 15) is 4.79 Å². The lowest BCUT2D eigenvalue weighted by atomic mass is 9.97. The van der Waals surface area contributed by atoms with E-state index in [1.807, 2.05) is 18.2 Å². The van der Waals surface area contributed by atoms with Gasteiger partial charge in [-0.25, -0.2) is 0 Å². The number of carbonyl (C=O) groups excluding carboxylic acids is 1. The van der Waals surface area contributed by atoms with Gasteiger partial charge in [-0.15, -0.1) is 0 Å². The zero-order valence-corrected chi connectivity index (χ0v) is 14.8. The van der Waals surface area contributed by atoms with Crippen molar-refractivity contribution in [1.29, 1.82) is 0 Å². The van der Waals surface area contributed by atoms with Crippen molar-refractivity contribution in [2.24, 2.45) is 0 Å². The third kappa shape index (κ3) is 3.03. The molecule has 0 spiro atoms. The van der Waals surface area contributed by atoms with Gasteiger partial charge in [-0.3, -0.25) is 4.79 Å². The molecule has 0 saturated carbocycles. The van der Waals surface area contributed by atoms with Crippen molar-refractivity contribution in [3.05, 3.63) is 41.5 Å². The van der Waals surface area contributed by atoms with Gasteiger partial charge in [-0.1, -0.05) is 0 Å². The summed E-state index contributed by atoms with van der Waals surface area (Å²) >= 11 is 0. The Bertz CT molecular complexity index is 848. The zero-order chi connectivity index (χ0) is 18.1. The standard InChI is InChI=1S/C20H21NO5/c1-23-17-7-12-3-4-13(15(12)10-18(17)24-2)8-20(22)21-14-5-6-16-19(9-14)26-11-25-16/h5-7,9-10,13H,3-4,8,11H2,1-2H3,(H,21,22). The smallest absolute Gasteiger partial charge is 0.231 e. The van der Waals surface area contributed by atoms with E-state index in [0.29, 0.717) is 29.4 Å². The van der Waals surface area contributed by atoms with E-state index in [1.165, 1.54) is 11.1 Å². The van der Waals surface area contributed by atoms with Crippen LogP contribution < -0.4 is 24.3 Å². The van der Waals surface area contributed by atoms with Gasteiger partial charge in [0.05, 0.1) is 14.2 Å². The minimum Gasteiger partial charge on any atom is -0.493 e. The lowest BCUT2D eigenvalue weighted by Gasteiger charge is -2.15. The second-order valence-corrected chi connectivity index (χ2v) is 6.46. The number of carbonyl (C=O) groups is 1. The largest absolute Gasteiger partial charge is 0.493 e. The molecule has 1 amide bonds. The van der Waals surface area contributed by atoms with Gasteiger partial charge >= 0.3 is 0 Å². The molecule has 1 unspecified atom stereocenters. The fourth-order valence-corrected chi connectivity index (χ4v) is 3.64. The monoisotopic (exact) mass is 355 g/mol. The number of hydrogen-bond donors (Lipinski definition) is 1. The highest BCUT2D eigenvalue weighted by molar-refractivity contribution is 5.91. The van der Waals surface area contributed by atoms with Gasteiger partial charge in [0.1, 0.15) is 0 Å².